The number of aromatic nitrogens is 4. The van der Waals surface area contributed by atoms with Gasteiger partial charge in [0, 0.05) is 11.6 Å². The minimum absolute atomic E-state index is 0.0753. The number of morpholine rings is 1. The molecule has 11 heteroatoms. The summed E-state index contributed by atoms with van der Waals surface area (Å²) in [5, 5.41) is 4.47. The van der Waals surface area contributed by atoms with Gasteiger partial charge in [-0.2, -0.15) is 0 Å². The highest BCUT2D eigenvalue weighted by molar-refractivity contribution is 14.1. The molecule has 2 N–H and O–H groups in total. The van der Waals surface area contributed by atoms with Crippen molar-refractivity contribution in [1.82, 2.24) is 19.9 Å². The maximum absolute atomic E-state index is 12.4. The first kappa shape index (κ1) is 22.1. The van der Waals surface area contributed by atoms with Gasteiger partial charge in [0.15, 0.2) is 38.6 Å². The highest BCUT2D eigenvalue weighted by Crippen LogP contribution is 2.47. The van der Waals surface area contributed by atoms with Crippen molar-refractivity contribution < 1.29 is 17.3 Å². The maximum Gasteiger partial charge on any atom is 0.184 e. The van der Waals surface area contributed by atoms with Crippen molar-refractivity contribution in [2.24, 2.45) is 0 Å². The lowest BCUT2D eigenvalue weighted by Gasteiger charge is -2.45. The monoisotopic (exact) mass is 578 g/mol. The number of H-pyrrole nitrogens is 1. The summed E-state index contributed by atoms with van der Waals surface area (Å²) in [4.78, 5) is 20.2. The van der Waals surface area contributed by atoms with Crippen LogP contribution >= 0.6 is 21.2 Å². The van der Waals surface area contributed by atoms with Gasteiger partial charge in [0.05, 0.1) is 65.4 Å². The minimum atomic E-state index is -1.40. The highest BCUT2D eigenvalue weighted by Gasteiger charge is 2.41. The van der Waals surface area contributed by atoms with Crippen molar-refractivity contribution in [2.75, 3.05) is 43.3 Å². The van der Waals surface area contributed by atoms with Crippen LogP contribution in [0.2, 0.25) is 0 Å². The van der Waals surface area contributed by atoms with E-state index >= 15 is 0 Å². The Labute approximate surface area is 207 Å². The molecule has 3 aromatic rings. The quantitative estimate of drug-likeness (QED) is 0.348. The molecule has 0 bridgehead atoms. The molecule has 0 unspecified atom stereocenters. The van der Waals surface area contributed by atoms with Gasteiger partial charge in [-0.15, -0.1) is 0 Å². The van der Waals surface area contributed by atoms with Crippen LogP contribution in [0.3, 0.4) is 0 Å². The lowest BCUT2D eigenvalue weighted by molar-refractivity contribution is 0.0211. The molecule has 0 aromatic carbocycles. The number of nitrogens with zero attached hydrogens (tertiary/aromatic N) is 4. The summed E-state index contributed by atoms with van der Waals surface area (Å²) in [6.45, 7) is 9.05. The van der Waals surface area contributed by atoms with Crippen LogP contribution < -0.4 is 15.0 Å². The molecule has 0 radical (unpaired) electrons. The number of rotatable bonds is 5. The van der Waals surface area contributed by atoms with Gasteiger partial charge in [-0.1, -0.05) is 0 Å². The number of hydrogen-bond donors (Lipinski definition) is 2. The van der Waals surface area contributed by atoms with E-state index < -0.39 is 24.6 Å². The van der Waals surface area contributed by atoms with E-state index in [4.69, 9.17) is 24.2 Å². The maximum atomic E-state index is 12.4. The Morgan fingerprint density at radius 3 is 2.76 bits per heavy atom. The zero-order valence-electron chi connectivity index (χ0n) is 19.3. The summed E-state index contributed by atoms with van der Waals surface area (Å²) >= 11 is -1.40. The Hall–Kier alpha value is -2.38. The van der Waals surface area contributed by atoms with Crippen molar-refractivity contribution in [3.8, 4) is 17.1 Å². The Balaban J connectivity index is 1.60. The van der Waals surface area contributed by atoms with E-state index in [1.807, 2.05) is 32.3 Å². The molecule has 0 amide bonds. The van der Waals surface area contributed by atoms with Crippen molar-refractivity contribution in [2.45, 2.75) is 42.3 Å². The number of pyridine rings is 1. The van der Waals surface area contributed by atoms with E-state index in [2.05, 4.69) is 27.1 Å². The molecule has 0 saturated carbocycles. The number of halogens is 1. The van der Waals surface area contributed by atoms with E-state index in [0.29, 0.717) is 50.3 Å². The average Bonchev–Trinajstić information content (AvgIpc) is 3.29. The first-order valence-electron chi connectivity index (χ1n) is 11.5. The standard InChI is InChI=1S/C23H27IN6O4/c1-12-7-32-10-14-11-34-18-19(23(2,3)24-31)28-21(29-22(18)30(12)14)17-15-4-5-25-20(15)26-6-16(17)27-13-8-33-9-13/h4-6,12-14,27H,7-11H2,1-3H3,(H,25,26)/t12-,14+/m1/s1. The molecule has 10 nitrogen and oxygen atoms in total. The van der Waals surface area contributed by atoms with Gasteiger partial charge in [0.25, 0.3) is 0 Å². The van der Waals surface area contributed by atoms with Crippen LogP contribution in [0.1, 0.15) is 26.5 Å². The molecule has 2 saturated heterocycles. The number of ether oxygens (including phenoxy) is 3. The van der Waals surface area contributed by atoms with E-state index in [1.54, 1.807) is 0 Å². The second-order valence-electron chi connectivity index (χ2n) is 9.52. The van der Waals surface area contributed by atoms with Crippen LogP contribution in [0.5, 0.6) is 5.75 Å². The molecule has 3 aromatic heterocycles. The van der Waals surface area contributed by atoms with Crippen molar-refractivity contribution in [1.29, 1.82) is 0 Å². The molecule has 2 atom stereocenters. The van der Waals surface area contributed by atoms with E-state index in [9.17, 15) is 3.07 Å². The summed E-state index contributed by atoms with van der Waals surface area (Å²) in [5.41, 5.74) is 3.16. The summed E-state index contributed by atoms with van der Waals surface area (Å²) in [5.74, 6) is 1.95. The van der Waals surface area contributed by atoms with Crippen LogP contribution in [-0.2, 0) is 16.0 Å². The predicted molar refractivity (Wildman–Crippen MR) is 135 cm³/mol. The van der Waals surface area contributed by atoms with Gasteiger partial charge in [-0.3, -0.25) is 3.07 Å². The molecule has 3 aliphatic heterocycles. The van der Waals surface area contributed by atoms with Crippen molar-refractivity contribution >= 4 is 43.7 Å². The van der Waals surface area contributed by atoms with Crippen molar-refractivity contribution in [3.05, 3.63) is 24.2 Å². The Morgan fingerprint density at radius 2 is 2.00 bits per heavy atom. The zero-order valence-corrected chi connectivity index (χ0v) is 21.5. The molecule has 0 spiro atoms. The predicted octanol–water partition coefficient (Wildman–Crippen LogP) is 3.37. The highest BCUT2D eigenvalue weighted by atomic mass is 127. The SMILES string of the molecule is C[C@@H]1COC[C@H]2COc3c(nc(-c4c(NC5COC5)cnc5[nH]ccc45)nc3C(C)(C)I=O)N21. The molecule has 6 rings (SSSR count). The van der Waals surface area contributed by atoms with Crippen molar-refractivity contribution in [3.63, 3.8) is 0 Å². The Bertz CT molecular complexity index is 1260. The smallest absolute Gasteiger partial charge is 0.184 e. The van der Waals surface area contributed by atoms with Gasteiger partial charge in [0.2, 0.25) is 0 Å². The van der Waals surface area contributed by atoms with E-state index in [1.165, 1.54) is 0 Å². The Morgan fingerprint density at radius 1 is 1.18 bits per heavy atom. The van der Waals surface area contributed by atoms with Gasteiger partial charge < -0.3 is 29.4 Å². The third-order valence-electron chi connectivity index (χ3n) is 6.61. The fourth-order valence-corrected chi connectivity index (χ4v) is 5.35. The molecular formula is C23H27IN6O4. The molecule has 6 heterocycles. The number of anilines is 2. The largest absolute Gasteiger partial charge is 0.486 e. The van der Waals surface area contributed by atoms with Crippen LogP contribution in [-0.4, -0.2) is 71.1 Å². The van der Waals surface area contributed by atoms with Crippen LogP contribution in [0.4, 0.5) is 11.5 Å². The minimum Gasteiger partial charge on any atom is -0.486 e. The summed E-state index contributed by atoms with van der Waals surface area (Å²) < 4.78 is 29.1. The average molecular weight is 578 g/mol. The second-order valence-corrected chi connectivity index (χ2v) is 12.7. The number of nitrogens with one attached hydrogen (secondary N) is 2. The molecule has 180 valence electrons. The number of hydrogen-bond acceptors (Lipinski definition) is 9. The zero-order chi connectivity index (χ0) is 23.4. The van der Waals surface area contributed by atoms with Gasteiger partial charge >= 0.3 is 0 Å². The number of fused-ring (bicyclic) bond motifs is 4. The molecule has 0 aliphatic carbocycles. The van der Waals surface area contributed by atoms with Gasteiger partial charge in [-0.05, 0) is 26.8 Å². The normalized spacial score (nSPS) is 22.6. The fourth-order valence-electron chi connectivity index (χ4n) is 4.78. The second kappa shape index (κ2) is 8.38. The molecule has 3 aliphatic rings. The van der Waals surface area contributed by atoms with Gasteiger partial charge in [0.1, 0.15) is 17.9 Å². The summed E-state index contributed by atoms with van der Waals surface area (Å²) in [7, 11) is 0. The lowest BCUT2D eigenvalue weighted by atomic mass is 10.0. The van der Waals surface area contributed by atoms with E-state index in [-0.39, 0.29) is 18.1 Å². The van der Waals surface area contributed by atoms with E-state index in [0.717, 1.165) is 28.1 Å². The summed E-state index contributed by atoms with van der Waals surface area (Å²) in [6.07, 6.45) is 3.68. The topological polar surface area (TPSA) is 114 Å². The fraction of sp³-hybridized carbons (Fsp3) is 0.522. The first-order chi connectivity index (χ1) is 16.5. The molecule has 2 fully saturated rings. The first-order valence-corrected chi connectivity index (χ1v) is 13.4. The summed E-state index contributed by atoms with van der Waals surface area (Å²) in [6, 6.07) is 2.41. The number of aromatic amines is 1. The Kier molecular flexibility index (Phi) is 5.45. The van der Waals surface area contributed by atoms with Crippen LogP contribution in [0.25, 0.3) is 22.4 Å². The number of alkyl halides is 1. The molecule has 34 heavy (non-hydrogen) atoms. The third-order valence-corrected chi connectivity index (χ3v) is 8.23. The lowest BCUT2D eigenvalue weighted by Crippen LogP contribution is -2.56. The molecular weight excluding hydrogens is 551 g/mol. The van der Waals surface area contributed by atoms with Crippen LogP contribution in [0.15, 0.2) is 18.5 Å². The van der Waals surface area contributed by atoms with Gasteiger partial charge in [-0.25, -0.2) is 15.0 Å². The van der Waals surface area contributed by atoms with Crippen LogP contribution in [0, 0.1) is 0 Å². The third kappa shape index (κ3) is 3.55.